The van der Waals surface area contributed by atoms with Crippen molar-refractivity contribution < 1.29 is 4.74 Å². The summed E-state index contributed by atoms with van der Waals surface area (Å²) in [4.78, 5) is 0. The lowest BCUT2D eigenvalue weighted by atomic mass is 10.1. The van der Waals surface area contributed by atoms with Gasteiger partial charge >= 0.3 is 0 Å². The standard InChI is InChI=1S/C9H14O.C2H6/c1-5-6-9(7-10-4)8(2)3;1-2/h5-6H,1-2,7H2,3-4H3;1-2H3/b9-6-;. The first-order valence-electron chi connectivity index (χ1n) is 4.18. The Bertz CT molecular complexity index is 154. The molecule has 0 bridgehead atoms. The normalized spacial score (nSPS) is 9.83. The van der Waals surface area contributed by atoms with Crippen LogP contribution in [0.15, 0.2) is 36.5 Å². The summed E-state index contributed by atoms with van der Waals surface area (Å²) in [6.45, 7) is 14.0. The summed E-state index contributed by atoms with van der Waals surface area (Å²) in [6, 6.07) is 0. The molecule has 0 heterocycles. The number of rotatable bonds is 4. The fourth-order valence-electron chi connectivity index (χ4n) is 0.611. The number of hydrogen-bond acceptors (Lipinski definition) is 1. The number of allylic oxidation sites excluding steroid dienone is 2. The average molecular weight is 168 g/mol. The minimum atomic E-state index is 0.612. The van der Waals surface area contributed by atoms with Crippen LogP contribution >= 0.6 is 0 Å². The van der Waals surface area contributed by atoms with Crippen molar-refractivity contribution in [3.63, 3.8) is 0 Å². The second-order valence-corrected chi connectivity index (χ2v) is 2.14. The molecule has 0 saturated carbocycles. The van der Waals surface area contributed by atoms with Gasteiger partial charge in [-0.1, -0.05) is 44.7 Å². The summed E-state index contributed by atoms with van der Waals surface area (Å²) in [5.41, 5.74) is 2.12. The highest BCUT2D eigenvalue weighted by atomic mass is 16.5. The maximum atomic E-state index is 4.94. The zero-order valence-corrected chi connectivity index (χ0v) is 8.68. The molecule has 0 aliphatic carbocycles. The number of hydrogen-bond donors (Lipinski definition) is 0. The zero-order chi connectivity index (χ0) is 9.98. The SMILES string of the molecule is C=C/C=C(/COC)C(=C)C.CC. The Labute approximate surface area is 76.4 Å². The van der Waals surface area contributed by atoms with Crippen LogP contribution in [0.3, 0.4) is 0 Å². The van der Waals surface area contributed by atoms with Crippen LogP contribution < -0.4 is 0 Å². The summed E-state index contributed by atoms with van der Waals surface area (Å²) in [5.74, 6) is 0. The van der Waals surface area contributed by atoms with Crippen molar-refractivity contribution in [2.24, 2.45) is 0 Å². The van der Waals surface area contributed by atoms with Crippen molar-refractivity contribution in [1.82, 2.24) is 0 Å². The predicted octanol–water partition coefficient (Wildman–Crippen LogP) is 3.35. The van der Waals surface area contributed by atoms with Crippen molar-refractivity contribution >= 4 is 0 Å². The monoisotopic (exact) mass is 168 g/mol. The molecule has 70 valence electrons. The van der Waals surface area contributed by atoms with E-state index in [1.165, 1.54) is 0 Å². The van der Waals surface area contributed by atoms with E-state index in [0.29, 0.717) is 6.61 Å². The zero-order valence-electron chi connectivity index (χ0n) is 8.68. The van der Waals surface area contributed by atoms with Gasteiger partial charge in [0.15, 0.2) is 0 Å². The van der Waals surface area contributed by atoms with E-state index in [0.717, 1.165) is 11.1 Å². The van der Waals surface area contributed by atoms with Gasteiger partial charge in [-0.3, -0.25) is 0 Å². The third kappa shape index (κ3) is 7.29. The molecule has 0 aromatic heterocycles. The lowest BCUT2D eigenvalue weighted by Gasteiger charge is -2.02. The third-order valence-corrected chi connectivity index (χ3v) is 1.17. The van der Waals surface area contributed by atoms with Crippen molar-refractivity contribution in [1.29, 1.82) is 0 Å². The van der Waals surface area contributed by atoms with E-state index in [-0.39, 0.29) is 0 Å². The first kappa shape index (κ1) is 13.7. The molecular formula is C11H20O. The molecule has 0 aliphatic rings. The topological polar surface area (TPSA) is 9.23 Å². The van der Waals surface area contributed by atoms with Crippen LogP contribution in [0.2, 0.25) is 0 Å². The van der Waals surface area contributed by atoms with Crippen molar-refractivity contribution in [2.75, 3.05) is 13.7 Å². The number of methoxy groups -OCH3 is 1. The molecule has 0 amide bonds. The van der Waals surface area contributed by atoms with Crippen LogP contribution in [-0.4, -0.2) is 13.7 Å². The van der Waals surface area contributed by atoms with Crippen LogP contribution in [0.5, 0.6) is 0 Å². The molecule has 0 aromatic carbocycles. The van der Waals surface area contributed by atoms with Gasteiger partial charge in [0, 0.05) is 7.11 Å². The second kappa shape index (κ2) is 10.2. The first-order valence-corrected chi connectivity index (χ1v) is 4.18. The minimum Gasteiger partial charge on any atom is -0.380 e. The van der Waals surface area contributed by atoms with Gasteiger partial charge in [0.1, 0.15) is 0 Å². The first-order chi connectivity index (χ1) is 5.72. The van der Waals surface area contributed by atoms with Crippen LogP contribution in [0.1, 0.15) is 20.8 Å². The number of ether oxygens (including phenoxy) is 1. The lowest BCUT2D eigenvalue weighted by molar-refractivity contribution is 0.227. The van der Waals surface area contributed by atoms with Gasteiger partial charge in [0.2, 0.25) is 0 Å². The summed E-state index contributed by atoms with van der Waals surface area (Å²) < 4.78 is 4.94. The second-order valence-electron chi connectivity index (χ2n) is 2.14. The van der Waals surface area contributed by atoms with Crippen LogP contribution in [0.4, 0.5) is 0 Å². The van der Waals surface area contributed by atoms with E-state index in [1.54, 1.807) is 13.2 Å². The molecule has 0 spiro atoms. The lowest BCUT2D eigenvalue weighted by Crippen LogP contribution is -1.94. The predicted molar refractivity (Wildman–Crippen MR) is 56.3 cm³/mol. The molecule has 0 aromatic rings. The van der Waals surface area contributed by atoms with Crippen LogP contribution in [0.25, 0.3) is 0 Å². The van der Waals surface area contributed by atoms with Gasteiger partial charge in [-0.05, 0) is 12.5 Å². The van der Waals surface area contributed by atoms with Crippen molar-refractivity contribution in [3.05, 3.63) is 36.5 Å². The smallest absolute Gasteiger partial charge is 0.0715 e. The molecule has 0 N–H and O–H groups in total. The van der Waals surface area contributed by atoms with Gasteiger partial charge in [-0.15, -0.1) is 0 Å². The van der Waals surface area contributed by atoms with E-state index in [2.05, 4.69) is 13.2 Å². The minimum absolute atomic E-state index is 0.612. The molecule has 1 heteroatoms. The van der Waals surface area contributed by atoms with E-state index >= 15 is 0 Å². The van der Waals surface area contributed by atoms with Gasteiger partial charge in [0.05, 0.1) is 6.61 Å². The fraction of sp³-hybridized carbons (Fsp3) is 0.455. The molecule has 1 nitrogen and oxygen atoms in total. The third-order valence-electron chi connectivity index (χ3n) is 1.17. The Kier molecular flexibility index (Phi) is 11.7. The highest BCUT2D eigenvalue weighted by Crippen LogP contribution is 2.06. The van der Waals surface area contributed by atoms with Gasteiger partial charge in [-0.25, -0.2) is 0 Å². The maximum Gasteiger partial charge on any atom is 0.0715 e. The van der Waals surface area contributed by atoms with E-state index in [4.69, 9.17) is 4.74 Å². The Morgan fingerprint density at radius 2 is 1.92 bits per heavy atom. The Morgan fingerprint density at radius 1 is 1.42 bits per heavy atom. The maximum absolute atomic E-state index is 4.94. The van der Waals surface area contributed by atoms with Crippen LogP contribution in [-0.2, 0) is 4.74 Å². The molecule has 12 heavy (non-hydrogen) atoms. The molecule has 0 saturated heterocycles. The molecule has 0 radical (unpaired) electrons. The molecule has 0 atom stereocenters. The van der Waals surface area contributed by atoms with E-state index in [9.17, 15) is 0 Å². The van der Waals surface area contributed by atoms with Crippen molar-refractivity contribution in [3.8, 4) is 0 Å². The molecule has 0 rings (SSSR count). The summed E-state index contributed by atoms with van der Waals surface area (Å²) in [5, 5.41) is 0. The van der Waals surface area contributed by atoms with Gasteiger partial charge < -0.3 is 4.74 Å². The Balaban J connectivity index is 0. The summed E-state index contributed by atoms with van der Waals surface area (Å²) >= 11 is 0. The highest BCUT2D eigenvalue weighted by Gasteiger charge is 1.93. The van der Waals surface area contributed by atoms with Gasteiger partial charge in [-0.2, -0.15) is 0 Å². The van der Waals surface area contributed by atoms with Crippen molar-refractivity contribution in [2.45, 2.75) is 20.8 Å². The average Bonchev–Trinajstić information content (AvgIpc) is 2.08. The largest absolute Gasteiger partial charge is 0.380 e. The molecular weight excluding hydrogens is 148 g/mol. The summed E-state index contributed by atoms with van der Waals surface area (Å²) in [7, 11) is 1.67. The van der Waals surface area contributed by atoms with Crippen LogP contribution in [0, 0.1) is 0 Å². The fourth-order valence-corrected chi connectivity index (χ4v) is 0.611. The molecule has 0 aliphatic heterocycles. The molecule has 0 unspecified atom stereocenters. The quantitative estimate of drug-likeness (QED) is 0.585. The van der Waals surface area contributed by atoms with E-state index < -0.39 is 0 Å². The highest BCUT2D eigenvalue weighted by molar-refractivity contribution is 5.29. The molecule has 0 fully saturated rings. The van der Waals surface area contributed by atoms with Gasteiger partial charge in [0.25, 0.3) is 0 Å². The Morgan fingerprint density at radius 3 is 2.17 bits per heavy atom. The summed E-state index contributed by atoms with van der Waals surface area (Å²) in [6.07, 6.45) is 3.65. The van der Waals surface area contributed by atoms with E-state index in [1.807, 2.05) is 26.8 Å². The Hall–Kier alpha value is -0.820.